The Morgan fingerprint density at radius 2 is 1.00 bits per heavy atom. The van der Waals surface area contributed by atoms with Crippen molar-refractivity contribution < 1.29 is 27.1 Å². The van der Waals surface area contributed by atoms with Gasteiger partial charge in [0.15, 0.2) is 0 Å². The topological polar surface area (TPSA) is 26.7 Å². The molecule has 4 aromatic rings. The summed E-state index contributed by atoms with van der Waals surface area (Å²) in [7, 11) is 0. The molecule has 0 amide bonds. The third-order valence-corrected chi connectivity index (χ3v) is 7.90. The highest BCUT2D eigenvalue weighted by molar-refractivity contribution is 5.28. The van der Waals surface area contributed by atoms with Crippen molar-refractivity contribution in [2.24, 2.45) is 0 Å². The van der Waals surface area contributed by atoms with Crippen molar-refractivity contribution >= 4 is 0 Å². The summed E-state index contributed by atoms with van der Waals surface area (Å²) < 4.78 is 68.2. The van der Waals surface area contributed by atoms with Gasteiger partial charge in [-0.25, -0.2) is 22.0 Å². The highest BCUT2D eigenvalue weighted by atomic mass is 19.2. The van der Waals surface area contributed by atoms with E-state index in [1.807, 2.05) is 65.6 Å². The van der Waals surface area contributed by atoms with Gasteiger partial charge < -0.3 is 5.11 Å². The van der Waals surface area contributed by atoms with Crippen molar-refractivity contribution in [3.63, 3.8) is 0 Å². The summed E-state index contributed by atoms with van der Waals surface area (Å²) in [5.41, 5.74) is -0.194. The van der Waals surface area contributed by atoms with Crippen LogP contribution in [0.4, 0.5) is 22.0 Å². The van der Waals surface area contributed by atoms with Crippen molar-refractivity contribution in [2.45, 2.75) is 37.2 Å². The average Bonchev–Trinajstić information content (AvgIpc) is 3.52. The highest BCUT2D eigenvalue weighted by Gasteiger charge is 2.40. The summed E-state index contributed by atoms with van der Waals surface area (Å²) in [5.74, 6) is -2.77. The Bertz CT molecular complexity index is 1330. The first-order valence-electron chi connectivity index (χ1n) is 14.0. The normalized spacial score (nSPS) is 22.6. The zero-order chi connectivity index (χ0) is 29.7. The number of halogens is 5. The zero-order valence-corrected chi connectivity index (χ0v) is 23.1. The number of hydrogen-bond donors (Lipinski definition) is 1. The average molecular weight is 581 g/mol. The lowest BCUT2D eigenvalue weighted by molar-refractivity contribution is 0.0446. The van der Waals surface area contributed by atoms with Gasteiger partial charge in [-0.1, -0.05) is 60.7 Å². The number of hydrogen-bond acceptors (Lipinski definition) is 3. The molecule has 42 heavy (non-hydrogen) atoms. The second-order valence-corrected chi connectivity index (χ2v) is 11.2. The second kappa shape index (κ2) is 12.7. The maximum absolute atomic E-state index is 15.0. The maximum atomic E-state index is 15.0. The van der Waals surface area contributed by atoms with Crippen LogP contribution < -0.4 is 0 Å². The van der Waals surface area contributed by atoms with Crippen LogP contribution in [0.5, 0.6) is 0 Å². The van der Waals surface area contributed by atoms with Crippen LogP contribution in [0, 0.1) is 23.3 Å². The minimum absolute atomic E-state index is 0.0931. The lowest BCUT2D eigenvalue weighted by atomic mass is 9.93. The van der Waals surface area contributed by atoms with E-state index in [1.165, 1.54) is 12.1 Å². The lowest BCUT2D eigenvalue weighted by Gasteiger charge is -2.24. The fraction of sp³-hybridized carbons (Fsp3) is 0.294. The Morgan fingerprint density at radius 3 is 1.50 bits per heavy atom. The Kier molecular flexibility index (Phi) is 9.06. The summed E-state index contributed by atoms with van der Waals surface area (Å²) >= 11 is 0. The van der Waals surface area contributed by atoms with Gasteiger partial charge in [0.2, 0.25) is 0 Å². The number of alkyl halides is 1. The summed E-state index contributed by atoms with van der Waals surface area (Å²) in [6.45, 7) is 3.17. The van der Waals surface area contributed by atoms with Gasteiger partial charge in [0, 0.05) is 51.4 Å². The molecular formula is C34H33F5N2O. The molecule has 0 aromatic heterocycles. The second-order valence-electron chi connectivity index (χ2n) is 11.2. The van der Waals surface area contributed by atoms with Gasteiger partial charge in [0.25, 0.3) is 0 Å². The van der Waals surface area contributed by atoms with Crippen LogP contribution in [-0.2, 0) is 24.4 Å². The molecule has 0 saturated carbocycles. The molecule has 8 heteroatoms. The zero-order valence-electron chi connectivity index (χ0n) is 23.1. The van der Waals surface area contributed by atoms with Gasteiger partial charge in [0.1, 0.15) is 34.5 Å². The molecular weight excluding hydrogens is 547 g/mol. The van der Waals surface area contributed by atoms with Crippen molar-refractivity contribution in [2.75, 3.05) is 26.2 Å². The van der Waals surface area contributed by atoms with E-state index in [2.05, 4.69) is 4.90 Å². The largest absolute Gasteiger partial charge is 0.384 e. The van der Waals surface area contributed by atoms with Crippen molar-refractivity contribution in [1.82, 2.24) is 9.80 Å². The van der Waals surface area contributed by atoms with E-state index in [9.17, 15) is 27.1 Å². The van der Waals surface area contributed by atoms with E-state index in [1.54, 1.807) is 0 Å². The van der Waals surface area contributed by atoms with E-state index in [0.717, 1.165) is 41.9 Å². The molecule has 1 N–H and O–H groups in total. The molecule has 3 nitrogen and oxygen atoms in total. The van der Waals surface area contributed by atoms with Crippen molar-refractivity contribution in [1.29, 1.82) is 0 Å². The van der Waals surface area contributed by atoms with Crippen LogP contribution in [0.1, 0.15) is 35.1 Å². The quantitative estimate of drug-likeness (QED) is 0.247. The molecule has 0 aliphatic carbocycles. The smallest absolute Gasteiger partial charge is 0.150 e. The maximum Gasteiger partial charge on any atom is 0.150 e. The predicted molar refractivity (Wildman–Crippen MR) is 152 cm³/mol. The van der Waals surface area contributed by atoms with Crippen molar-refractivity contribution in [3.05, 3.63) is 143 Å². The number of aliphatic hydroxyl groups is 1. The Morgan fingerprint density at radius 1 is 0.571 bits per heavy atom. The van der Waals surface area contributed by atoms with Crippen LogP contribution in [0.2, 0.25) is 0 Å². The van der Waals surface area contributed by atoms with Crippen LogP contribution in [0.3, 0.4) is 0 Å². The number of likely N-dealkylation sites (tertiary alicyclic amines) is 2. The predicted octanol–water partition coefficient (Wildman–Crippen LogP) is 7.09. The van der Waals surface area contributed by atoms with E-state index >= 15 is 0 Å². The minimum atomic E-state index is -1.68. The molecule has 2 fully saturated rings. The van der Waals surface area contributed by atoms with E-state index < -0.39 is 34.5 Å². The lowest BCUT2D eigenvalue weighted by Crippen LogP contribution is -2.30. The summed E-state index contributed by atoms with van der Waals surface area (Å²) in [6, 6.07) is 26.0. The van der Waals surface area contributed by atoms with Gasteiger partial charge in [-0.2, -0.15) is 0 Å². The van der Waals surface area contributed by atoms with Gasteiger partial charge in [-0.05, 0) is 59.4 Å². The van der Waals surface area contributed by atoms with Crippen LogP contribution in [-0.4, -0.2) is 41.1 Å². The van der Waals surface area contributed by atoms with Gasteiger partial charge >= 0.3 is 0 Å². The third kappa shape index (κ3) is 7.43. The SMILES string of the molecule is Fc1cc(F)cc(C2(F)CCN(Cc3ccccc3)C2)c1.OC1(c2cc(F)cc(F)c2)CCN(Cc2ccccc2)C1. The Hall–Kier alpha value is -3.59. The third-order valence-electron chi connectivity index (χ3n) is 7.90. The molecule has 2 saturated heterocycles. The molecule has 0 bridgehead atoms. The molecule has 4 aromatic carbocycles. The molecule has 220 valence electrons. The highest BCUT2D eigenvalue weighted by Crippen LogP contribution is 2.37. The van der Waals surface area contributed by atoms with Crippen LogP contribution in [0.25, 0.3) is 0 Å². The summed E-state index contributed by atoms with van der Waals surface area (Å²) in [5, 5.41) is 10.7. The first-order valence-corrected chi connectivity index (χ1v) is 14.0. The van der Waals surface area contributed by atoms with Gasteiger partial charge in [0.05, 0.1) is 0 Å². The molecule has 0 radical (unpaired) electrons. The minimum Gasteiger partial charge on any atom is -0.384 e. The van der Waals surface area contributed by atoms with E-state index in [4.69, 9.17) is 0 Å². The van der Waals surface area contributed by atoms with Crippen molar-refractivity contribution in [3.8, 4) is 0 Å². The number of nitrogens with zero attached hydrogens (tertiary/aromatic N) is 2. The number of β-amino-alcohol motifs (C(OH)–C–C–N with tert-alkyl or cyclic N) is 1. The molecule has 2 atom stereocenters. The van der Waals surface area contributed by atoms with Crippen LogP contribution in [0.15, 0.2) is 97.1 Å². The molecule has 2 aliphatic rings. The standard InChI is InChI=1S/C17H16F3N.C17H17F2NO/c18-15-8-14(9-16(19)10-15)17(20)6-7-21(12-17)11-13-4-2-1-3-5-13;18-15-8-14(9-16(19)10-15)17(21)6-7-20(12-17)11-13-4-2-1-3-5-13/h1-5,8-10H,6-7,11-12H2;1-5,8-10,21H,6-7,11-12H2. The Labute approximate surface area is 242 Å². The van der Waals surface area contributed by atoms with Gasteiger partial charge in [-0.3, -0.25) is 9.80 Å². The Balaban J connectivity index is 0.000000168. The molecule has 2 heterocycles. The summed E-state index contributed by atoms with van der Waals surface area (Å²) in [4.78, 5) is 4.07. The van der Waals surface area contributed by atoms with Gasteiger partial charge in [-0.15, -0.1) is 0 Å². The molecule has 6 rings (SSSR count). The molecule has 0 spiro atoms. The first kappa shape index (κ1) is 29.9. The van der Waals surface area contributed by atoms with E-state index in [0.29, 0.717) is 38.2 Å². The number of rotatable bonds is 6. The monoisotopic (exact) mass is 580 g/mol. The van der Waals surface area contributed by atoms with Crippen LogP contribution >= 0.6 is 0 Å². The summed E-state index contributed by atoms with van der Waals surface area (Å²) in [6.07, 6.45) is 0.728. The molecule has 2 aliphatic heterocycles. The first-order chi connectivity index (χ1) is 20.1. The fourth-order valence-electron chi connectivity index (χ4n) is 5.78. The van der Waals surface area contributed by atoms with E-state index in [-0.39, 0.29) is 18.5 Å². The molecule has 2 unspecified atom stereocenters. The fourth-order valence-corrected chi connectivity index (χ4v) is 5.78. The number of benzene rings is 4.